The molecule has 0 saturated carbocycles. The van der Waals surface area contributed by atoms with Crippen molar-refractivity contribution >= 4 is 5.97 Å². The number of carbonyl (C=O) groups is 1. The predicted molar refractivity (Wildman–Crippen MR) is 109 cm³/mol. The van der Waals surface area contributed by atoms with Crippen LogP contribution in [0.2, 0.25) is 0 Å². The van der Waals surface area contributed by atoms with Gasteiger partial charge in [-0.1, -0.05) is 55.5 Å². The highest BCUT2D eigenvalue weighted by atomic mass is 16.5. The molecule has 28 heavy (non-hydrogen) atoms. The molecular weight excluding hydrogens is 360 g/mol. The Morgan fingerprint density at radius 2 is 1.82 bits per heavy atom. The third-order valence-corrected chi connectivity index (χ3v) is 4.42. The molecule has 1 saturated heterocycles. The van der Waals surface area contributed by atoms with E-state index in [1.165, 1.54) is 0 Å². The van der Waals surface area contributed by atoms with Crippen LogP contribution in [0.3, 0.4) is 0 Å². The number of ether oxygens (including phenoxy) is 1. The van der Waals surface area contributed by atoms with Gasteiger partial charge in [-0.3, -0.25) is 4.79 Å². The van der Waals surface area contributed by atoms with Gasteiger partial charge in [-0.25, -0.2) is 0 Å². The number of aliphatic hydroxyl groups is 3. The third kappa shape index (κ3) is 10.6. The summed E-state index contributed by atoms with van der Waals surface area (Å²) >= 11 is 0. The average Bonchev–Trinajstić information content (AvgIpc) is 3.03. The maximum Gasteiger partial charge on any atom is 0.303 e. The van der Waals surface area contributed by atoms with Crippen LogP contribution in [-0.2, 0) is 9.53 Å². The van der Waals surface area contributed by atoms with Crippen molar-refractivity contribution in [1.29, 1.82) is 0 Å². The Morgan fingerprint density at radius 3 is 2.54 bits per heavy atom. The van der Waals surface area contributed by atoms with E-state index in [1.54, 1.807) is 12.2 Å². The molecule has 6 heteroatoms. The molecular formula is C22H34O6. The number of carboxylic acid groups (broad SMARTS) is 1. The van der Waals surface area contributed by atoms with Gasteiger partial charge in [0.25, 0.3) is 0 Å². The lowest BCUT2D eigenvalue weighted by Crippen LogP contribution is -2.25. The highest BCUT2D eigenvalue weighted by Crippen LogP contribution is 2.25. The van der Waals surface area contributed by atoms with Crippen molar-refractivity contribution in [1.82, 2.24) is 0 Å². The van der Waals surface area contributed by atoms with Crippen molar-refractivity contribution < 1.29 is 30.0 Å². The monoisotopic (exact) mass is 394 g/mol. The minimum atomic E-state index is -0.807. The molecule has 4 N–H and O–H groups in total. The molecule has 0 aliphatic carbocycles. The number of aliphatic hydroxyl groups excluding tert-OH is 3. The van der Waals surface area contributed by atoms with E-state index in [0.29, 0.717) is 32.1 Å². The van der Waals surface area contributed by atoms with Gasteiger partial charge in [0.2, 0.25) is 0 Å². The second-order valence-corrected chi connectivity index (χ2v) is 6.92. The molecule has 0 spiro atoms. The Balaban J connectivity index is 2.31. The normalized spacial score (nSPS) is 25.5. The summed E-state index contributed by atoms with van der Waals surface area (Å²) in [5, 5.41) is 38.8. The molecule has 1 heterocycles. The lowest BCUT2D eigenvalue weighted by atomic mass is 10.0. The SMILES string of the molecule is CC/C=C\C[C@H](O)/C=C/[C@H]1O[C@H]([C@@H](O)C/C=C\C/C=C\CCC(=O)O)C[C@H]1O. The van der Waals surface area contributed by atoms with Gasteiger partial charge in [0, 0.05) is 12.8 Å². The standard InChI is InChI=1S/C22H34O6/c1-2-3-8-11-17(23)14-15-20-19(25)16-21(28-20)18(24)12-9-6-4-5-7-10-13-22(26)27/h3,5-9,14-15,17-21,23-25H,2,4,10-13,16H2,1H3,(H,26,27)/b7-5-,8-3-,9-6-,15-14+/t17-,18-,19+,20+,21-/m0/s1. The predicted octanol–water partition coefficient (Wildman–Crippen LogP) is 2.90. The zero-order valence-corrected chi connectivity index (χ0v) is 16.6. The Labute approximate surface area is 167 Å². The fraction of sp³-hybridized carbons (Fsp3) is 0.591. The molecule has 158 valence electrons. The van der Waals surface area contributed by atoms with E-state index in [9.17, 15) is 20.1 Å². The Bertz CT molecular complexity index is 551. The third-order valence-electron chi connectivity index (χ3n) is 4.42. The van der Waals surface area contributed by atoms with Crippen LogP contribution >= 0.6 is 0 Å². The topological polar surface area (TPSA) is 107 Å². The number of carboxylic acids is 1. The van der Waals surface area contributed by atoms with Crippen LogP contribution in [0, 0.1) is 0 Å². The van der Waals surface area contributed by atoms with Crippen molar-refractivity contribution in [2.75, 3.05) is 0 Å². The maximum absolute atomic E-state index is 10.4. The smallest absolute Gasteiger partial charge is 0.303 e. The summed E-state index contributed by atoms with van der Waals surface area (Å²) in [5.41, 5.74) is 0. The van der Waals surface area contributed by atoms with E-state index in [1.807, 2.05) is 43.4 Å². The first-order valence-corrected chi connectivity index (χ1v) is 9.98. The molecule has 5 atom stereocenters. The van der Waals surface area contributed by atoms with E-state index in [2.05, 4.69) is 0 Å². The van der Waals surface area contributed by atoms with Crippen LogP contribution in [0.1, 0.15) is 51.9 Å². The highest BCUT2D eigenvalue weighted by Gasteiger charge is 2.35. The molecule has 0 bridgehead atoms. The van der Waals surface area contributed by atoms with Gasteiger partial charge < -0.3 is 25.2 Å². The fourth-order valence-corrected chi connectivity index (χ4v) is 2.84. The molecule has 0 aromatic carbocycles. The van der Waals surface area contributed by atoms with Gasteiger partial charge in [0.15, 0.2) is 0 Å². The summed E-state index contributed by atoms with van der Waals surface area (Å²) in [6.07, 6.45) is 15.2. The number of hydrogen-bond acceptors (Lipinski definition) is 5. The zero-order valence-electron chi connectivity index (χ0n) is 16.6. The number of allylic oxidation sites excluding steroid dienone is 4. The van der Waals surface area contributed by atoms with E-state index in [4.69, 9.17) is 9.84 Å². The first-order chi connectivity index (χ1) is 13.4. The van der Waals surface area contributed by atoms with E-state index < -0.39 is 36.5 Å². The fourth-order valence-electron chi connectivity index (χ4n) is 2.84. The minimum absolute atomic E-state index is 0.127. The quantitative estimate of drug-likeness (QED) is 0.358. The zero-order chi connectivity index (χ0) is 20.8. The summed E-state index contributed by atoms with van der Waals surface area (Å²) in [7, 11) is 0. The van der Waals surface area contributed by atoms with Crippen molar-refractivity contribution in [2.45, 2.75) is 82.4 Å². The Morgan fingerprint density at radius 1 is 1.11 bits per heavy atom. The Kier molecular flexibility index (Phi) is 12.4. The van der Waals surface area contributed by atoms with Crippen LogP contribution < -0.4 is 0 Å². The molecule has 1 aliphatic heterocycles. The van der Waals surface area contributed by atoms with Gasteiger partial charge >= 0.3 is 5.97 Å². The van der Waals surface area contributed by atoms with Gasteiger partial charge in [0.05, 0.1) is 24.4 Å². The van der Waals surface area contributed by atoms with Crippen molar-refractivity contribution in [3.8, 4) is 0 Å². The average molecular weight is 395 g/mol. The van der Waals surface area contributed by atoms with Crippen LogP contribution in [-0.4, -0.2) is 56.9 Å². The van der Waals surface area contributed by atoms with E-state index >= 15 is 0 Å². The van der Waals surface area contributed by atoms with Crippen LogP contribution in [0.5, 0.6) is 0 Å². The van der Waals surface area contributed by atoms with Crippen LogP contribution in [0.25, 0.3) is 0 Å². The number of rotatable bonds is 13. The summed E-state index contributed by atoms with van der Waals surface area (Å²) in [4.78, 5) is 10.4. The second-order valence-electron chi connectivity index (χ2n) is 6.92. The molecule has 0 aromatic heterocycles. The maximum atomic E-state index is 10.4. The summed E-state index contributed by atoms with van der Waals surface area (Å²) in [6.45, 7) is 2.03. The molecule has 1 aliphatic rings. The van der Waals surface area contributed by atoms with E-state index in [-0.39, 0.29) is 6.42 Å². The molecule has 0 unspecified atom stereocenters. The van der Waals surface area contributed by atoms with Gasteiger partial charge in [-0.2, -0.15) is 0 Å². The van der Waals surface area contributed by atoms with Gasteiger partial charge in [-0.05, 0) is 32.1 Å². The van der Waals surface area contributed by atoms with E-state index in [0.717, 1.165) is 6.42 Å². The largest absolute Gasteiger partial charge is 0.481 e. The van der Waals surface area contributed by atoms with Gasteiger partial charge in [-0.15, -0.1) is 0 Å². The summed E-state index contributed by atoms with van der Waals surface area (Å²) in [6, 6.07) is 0. The van der Waals surface area contributed by atoms with Crippen LogP contribution in [0.15, 0.2) is 48.6 Å². The van der Waals surface area contributed by atoms with Crippen LogP contribution in [0.4, 0.5) is 0 Å². The van der Waals surface area contributed by atoms with Crippen molar-refractivity contribution in [2.24, 2.45) is 0 Å². The number of hydrogen-bond donors (Lipinski definition) is 4. The summed E-state index contributed by atoms with van der Waals surface area (Å²) < 4.78 is 5.72. The lowest BCUT2D eigenvalue weighted by Gasteiger charge is -2.16. The molecule has 6 nitrogen and oxygen atoms in total. The lowest BCUT2D eigenvalue weighted by molar-refractivity contribution is -0.136. The minimum Gasteiger partial charge on any atom is -0.481 e. The highest BCUT2D eigenvalue weighted by molar-refractivity contribution is 5.66. The molecule has 0 aromatic rings. The first kappa shape index (κ1) is 24.3. The van der Waals surface area contributed by atoms with Crippen molar-refractivity contribution in [3.05, 3.63) is 48.6 Å². The second kappa shape index (κ2) is 14.3. The number of aliphatic carboxylic acids is 1. The summed E-state index contributed by atoms with van der Waals surface area (Å²) in [5.74, 6) is -0.807. The van der Waals surface area contributed by atoms with Crippen molar-refractivity contribution in [3.63, 3.8) is 0 Å². The molecule has 1 rings (SSSR count). The first-order valence-electron chi connectivity index (χ1n) is 9.98. The Hall–Kier alpha value is -1.73. The van der Waals surface area contributed by atoms with Gasteiger partial charge in [0.1, 0.15) is 6.10 Å². The molecule has 0 radical (unpaired) electrons. The molecule has 0 amide bonds. The molecule has 1 fully saturated rings.